The highest BCUT2D eigenvalue weighted by molar-refractivity contribution is 6.31. The number of halogens is 1. The Bertz CT molecular complexity index is 643. The molecule has 0 aliphatic carbocycles. The number of carboxylic acid groups (broad SMARTS) is 1. The van der Waals surface area contributed by atoms with E-state index in [2.05, 4.69) is 5.32 Å². The molecule has 1 aromatic heterocycles. The molecule has 0 atom stereocenters. The summed E-state index contributed by atoms with van der Waals surface area (Å²) in [5.41, 5.74) is 1.33. The highest BCUT2D eigenvalue weighted by Crippen LogP contribution is 2.15. The van der Waals surface area contributed by atoms with E-state index in [-0.39, 0.29) is 18.2 Å². The van der Waals surface area contributed by atoms with Crippen molar-refractivity contribution in [1.29, 1.82) is 0 Å². The van der Waals surface area contributed by atoms with Gasteiger partial charge in [0.1, 0.15) is 5.76 Å². The molecule has 0 radical (unpaired) electrons. The Morgan fingerprint density at radius 2 is 2.05 bits per heavy atom. The fourth-order valence-electron chi connectivity index (χ4n) is 1.72. The molecule has 6 heteroatoms. The van der Waals surface area contributed by atoms with E-state index in [0.29, 0.717) is 16.3 Å². The Labute approximate surface area is 120 Å². The topological polar surface area (TPSA) is 79.5 Å². The van der Waals surface area contributed by atoms with Gasteiger partial charge in [0.05, 0.1) is 6.54 Å². The molecule has 0 saturated carbocycles. The zero-order valence-electron chi connectivity index (χ0n) is 10.6. The van der Waals surface area contributed by atoms with Crippen molar-refractivity contribution in [3.63, 3.8) is 0 Å². The zero-order valence-corrected chi connectivity index (χ0v) is 11.4. The predicted molar refractivity (Wildman–Crippen MR) is 73.0 cm³/mol. The van der Waals surface area contributed by atoms with E-state index in [9.17, 15) is 9.59 Å². The third-order valence-electron chi connectivity index (χ3n) is 2.60. The van der Waals surface area contributed by atoms with Gasteiger partial charge in [0.25, 0.3) is 5.91 Å². The number of benzene rings is 1. The van der Waals surface area contributed by atoms with Crippen LogP contribution in [0.5, 0.6) is 0 Å². The molecule has 2 aromatic rings. The number of hydrogen-bond acceptors (Lipinski definition) is 3. The van der Waals surface area contributed by atoms with E-state index in [4.69, 9.17) is 21.1 Å². The lowest BCUT2D eigenvalue weighted by Crippen LogP contribution is -2.22. The molecule has 0 aliphatic heterocycles. The monoisotopic (exact) mass is 293 g/mol. The van der Waals surface area contributed by atoms with E-state index >= 15 is 0 Å². The summed E-state index contributed by atoms with van der Waals surface area (Å²) in [7, 11) is 0. The number of rotatable bonds is 4. The number of nitrogens with one attached hydrogen (secondary N) is 1. The van der Waals surface area contributed by atoms with Crippen LogP contribution in [0.25, 0.3) is 0 Å². The number of furan rings is 1. The molecular formula is C14H12ClNO4. The van der Waals surface area contributed by atoms with Gasteiger partial charge in [-0.15, -0.1) is 0 Å². The van der Waals surface area contributed by atoms with Crippen LogP contribution < -0.4 is 5.32 Å². The van der Waals surface area contributed by atoms with Gasteiger partial charge >= 0.3 is 5.97 Å². The van der Waals surface area contributed by atoms with Crippen LogP contribution in [0.15, 0.2) is 34.7 Å². The Morgan fingerprint density at radius 1 is 1.30 bits per heavy atom. The van der Waals surface area contributed by atoms with Crippen molar-refractivity contribution in [1.82, 2.24) is 5.32 Å². The minimum Gasteiger partial charge on any atom is -0.475 e. The first-order valence-corrected chi connectivity index (χ1v) is 6.21. The van der Waals surface area contributed by atoms with E-state index in [0.717, 1.165) is 5.56 Å². The molecule has 0 fully saturated rings. The minimum absolute atomic E-state index is 0.109. The highest BCUT2D eigenvalue weighted by Gasteiger charge is 2.11. The average molecular weight is 294 g/mol. The number of carbonyl (C=O) groups excluding carboxylic acids is 1. The van der Waals surface area contributed by atoms with Gasteiger partial charge in [0, 0.05) is 10.6 Å². The highest BCUT2D eigenvalue weighted by atomic mass is 35.5. The quantitative estimate of drug-likeness (QED) is 0.908. The van der Waals surface area contributed by atoms with Crippen LogP contribution in [-0.4, -0.2) is 17.0 Å². The maximum absolute atomic E-state index is 11.9. The van der Waals surface area contributed by atoms with E-state index < -0.39 is 5.97 Å². The first-order chi connectivity index (χ1) is 9.45. The van der Waals surface area contributed by atoms with Crippen molar-refractivity contribution in [3.05, 3.63) is 58.0 Å². The predicted octanol–water partition coefficient (Wildman–Crippen LogP) is 2.87. The number of aromatic carboxylic acids is 1. The molecule has 0 saturated heterocycles. The molecule has 20 heavy (non-hydrogen) atoms. The summed E-state index contributed by atoms with van der Waals surface area (Å²) in [5, 5.41) is 11.8. The summed E-state index contributed by atoms with van der Waals surface area (Å²) in [4.78, 5) is 22.6. The molecule has 2 rings (SSSR count). The lowest BCUT2D eigenvalue weighted by Gasteiger charge is -2.05. The van der Waals surface area contributed by atoms with Gasteiger partial charge in [-0.05, 0) is 42.8 Å². The standard InChI is InChI=1S/C14H12ClNO4/c1-8-4-9(6-10(15)5-8)13(17)16-7-11-2-3-12(20-11)14(18)19/h2-6H,7H2,1H3,(H,16,17)(H,18,19). The Morgan fingerprint density at radius 3 is 2.65 bits per heavy atom. The van der Waals surface area contributed by atoms with Gasteiger partial charge in [0.15, 0.2) is 0 Å². The third-order valence-corrected chi connectivity index (χ3v) is 2.82. The third kappa shape index (κ3) is 3.39. The molecule has 1 aromatic carbocycles. The second-order valence-electron chi connectivity index (χ2n) is 4.27. The molecule has 5 nitrogen and oxygen atoms in total. The van der Waals surface area contributed by atoms with E-state index in [1.165, 1.54) is 12.1 Å². The fourth-order valence-corrected chi connectivity index (χ4v) is 2.01. The second-order valence-corrected chi connectivity index (χ2v) is 4.71. The van der Waals surface area contributed by atoms with Crippen molar-refractivity contribution in [2.75, 3.05) is 0 Å². The SMILES string of the molecule is Cc1cc(Cl)cc(C(=O)NCc2ccc(C(=O)O)o2)c1. The van der Waals surface area contributed by atoms with E-state index in [1.54, 1.807) is 18.2 Å². The molecule has 1 heterocycles. The Kier molecular flexibility index (Phi) is 4.10. The zero-order chi connectivity index (χ0) is 14.7. The number of amides is 1. The van der Waals surface area contributed by atoms with Crippen LogP contribution in [0, 0.1) is 6.92 Å². The van der Waals surface area contributed by atoms with Crippen LogP contribution in [-0.2, 0) is 6.54 Å². The lowest BCUT2D eigenvalue weighted by molar-refractivity contribution is 0.0660. The molecule has 2 N–H and O–H groups in total. The van der Waals surface area contributed by atoms with Crippen LogP contribution in [0.4, 0.5) is 0 Å². The summed E-state index contributed by atoms with van der Waals surface area (Å²) in [6.45, 7) is 1.95. The van der Waals surface area contributed by atoms with Gasteiger partial charge in [-0.3, -0.25) is 4.79 Å². The van der Waals surface area contributed by atoms with Gasteiger partial charge in [-0.1, -0.05) is 11.6 Å². The summed E-state index contributed by atoms with van der Waals surface area (Å²) >= 11 is 5.89. The largest absolute Gasteiger partial charge is 0.475 e. The number of aryl methyl sites for hydroxylation is 1. The Hall–Kier alpha value is -2.27. The normalized spacial score (nSPS) is 10.3. The van der Waals surface area contributed by atoms with Crippen LogP contribution in [0.2, 0.25) is 5.02 Å². The van der Waals surface area contributed by atoms with Crippen LogP contribution >= 0.6 is 11.6 Å². The smallest absolute Gasteiger partial charge is 0.371 e. The van der Waals surface area contributed by atoms with Crippen molar-refractivity contribution >= 4 is 23.5 Å². The first kappa shape index (κ1) is 14.1. The van der Waals surface area contributed by atoms with Crippen molar-refractivity contribution in [2.24, 2.45) is 0 Å². The molecular weight excluding hydrogens is 282 g/mol. The molecule has 0 aliphatic rings. The van der Waals surface area contributed by atoms with Crippen molar-refractivity contribution in [2.45, 2.75) is 13.5 Å². The average Bonchev–Trinajstić information content (AvgIpc) is 2.83. The van der Waals surface area contributed by atoms with Gasteiger partial charge < -0.3 is 14.8 Å². The van der Waals surface area contributed by atoms with Gasteiger partial charge in [-0.2, -0.15) is 0 Å². The molecule has 104 valence electrons. The number of carboxylic acids is 1. The summed E-state index contributed by atoms with van der Waals surface area (Å²) in [5.74, 6) is -1.24. The van der Waals surface area contributed by atoms with Crippen molar-refractivity contribution < 1.29 is 19.1 Å². The minimum atomic E-state index is -1.15. The molecule has 0 spiro atoms. The molecule has 0 bridgehead atoms. The van der Waals surface area contributed by atoms with Gasteiger partial charge in [0.2, 0.25) is 5.76 Å². The fraction of sp³-hybridized carbons (Fsp3) is 0.143. The van der Waals surface area contributed by atoms with Crippen LogP contribution in [0.1, 0.15) is 32.2 Å². The summed E-state index contributed by atoms with van der Waals surface area (Å²) in [6, 6.07) is 7.88. The molecule has 0 unspecified atom stereocenters. The first-order valence-electron chi connectivity index (χ1n) is 5.83. The molecule has 1 amide bonds. The number of carbonyl (C=O) groups is 2. The number of hydrogen-bond donors (Lipinski definition) is 2. The second kappa shape index (κ2) is 5.79. The maximum Gasteiger partial charge on any atom is 0.371 e. The van der Waals surface area contributed by atoms with E-state index in [1.807, 2.05) is 6.92 Å². The van der Waals surface area contributed by atoms with Gasteiger partial charge in [-0.25, -0.2) is 4.79 Å². The van der Waals surface area contributed by atoms with Crippen molar-refractivity contribution in [3.8, 4) is 0 Å². The summed E-state index contributed by atoms with van der Waals surface area (Å²) in [6.07, 6.45) is 0. The van der Waals surface area contributed by atoms with Crippen LogP contribution in [0.3, 0.4) is 0 Å². The Balaban J connectivity index is 2.02. The maximum atomic E-state index is 11.9. The lowest BCUT2D eigenvalue weighted by atomic mass is 10.1. The summed E-state index contributed by atoms with van der Waals surface area (Å²) < 4.78 is 5.04.